The summed E-state index contributed by atoms with van der Waals surface area (Å²) in [4.78, 5) is 60.4. The van der Waals surface area contributed by atoms with Gasteiger partial charge in [-0.1, -0.05) is 6.07 Å². The molecule has 1 atom stereocenters. The van der Waals surface area contributed by atoms with Gasteiger partial charge >= 0.3 is 23.5 Å². The van der Waals surface area contributed by atoms with E-state index in [1.165, 1.54) is 48.2 Å². The van der Waals surface area contributed by atoms with Crippen molar-refractivity contribution in [2.45, 2.75) is 40.7 Å². The largest absolute Gasteiger partial charge is 0.480 e. The summed E-state index contributed by atoms with van der Waals surface area (Å²) in [6.45, 7) is 10.2. The lowest BCUT2D eigenvalue weighted by atomic mass is 10.1. The number of carboxylic acids is 1. The average Bonchev–Trinajstić information content (AvgIpc) is 3.01. The number of anilines is 1. The summed E-state index contributed by atoms with van der Waals surface area (Å²) < 4.78 is 11.7. The monoisotopic (exact) mass is 619 g/mol. The van der Waals surface area contributed by atoms with Crippen LogP contribution >= 0.6 is 0 Å². The van der Waals surface area contributed by atoms with Crippen LogP contribution in [-0.2, 0) is 4.79 Å². The Morgan fingerprint density at radius 2 is 1.64 bits per heavy atom. The molecule has 45 heavy (non-hydrogen) atoms. The molecule has 0 bridgehead atoms. The van der Waals surface area contributed by atoms with Crippen molar-refractivity contribution in [2.75, 3.05) is 31.5 Å². The van der Waals surface area contributed by atoms with Crippen LogP contribution < -0.4 is 14.8 Å². The Balaban J connectivity index is 2.19. The number of nitro groups is 1. The van der Waals surface area contributed by atoms with Gasteiger partial charge in [-0.05, 0) is 71.0 Å². The van der Waals surface area contributed by atoms with Crippen molar-refractivity contribution in [1.29, 1.82) is 5.26 Å². The zero-order chi connectivity index (χ0) is 33.3. The van der Waals surface area contributed by atoms with Crippen molar-refractivity contribution in [1.82, 2.24) is 19.8 Å². The van der Waals surface area contributed by atoms with Crippen LogP contribution in [0.3, 0.4) is 0 Å². The number of rotatable bonds is 14. The summed E-state index contributed by atoms with van der Waals surface area (Å²) in [6.07, 6.45) is 0. The van der Waals surface area contributed by atoms with Crippen LogP contribution in [0, 0.1) is 21.4 Å². The number of aliphatic carboxylic acids is 1. The molecule has 0 aliphatic heterocycles. The molecule has 2 aromatic carbocycles. The van der Waals surface area contributed by atoms with Gasteiger partial charge in [0.15, 0.2) is 0 Å². The SMILES string of the molecule is CCN(CC)C(=O)c1cccc(Oc2nc(Oc3cc(C#N)ccc3C(=O)N(CC)CC)nc(NC(C)C(=O)O)c2[N+](=O)[O-])c1. The molecule has 0 saturated carbocycles. The number of nitriles is 1. The minimum absolute atomic E-state index is 0.0156. The summed E-state index contributed by atoms with van der Waals surface area (Å²) in [5.74, 6) is -3.30. The second-order valence-corrected chi connectivity index (χ2v) is 9.48. The molecule has 2 amide bonds. The molecule has 3 rings (SSSR count). The van der Waals surface area contributed by atoms with Crippen LogP contribution in [0.2, 0.25) is 0 Å². The first-order chi connectivity index (χ1) is 21.5. The van der Waals surface area contributed by atoms with Gasteiger partial charge in [-0.25, -0.2) is 0 Å². The van der Waals surface area contributed by atoms with Crippen LogP contribution in [-0.4, -0.2) is 79.8 Å². The number of amides is 2. The summed E-state index contributed by atoms with van der Waals surface area (Å²) >= 11 is 0. The Hall–Kier alpha value is -5.78. The maximum absolute atomic E-state index is 13.2. The topological polar surface area (TPSA) is 201 Å². The van der Waals surface area contributed by atoms with Crippen molar-refractivity contribution in [3.63, 3.8) is 0 Å². The highest BCUT2D eigenvalue weighted by Gasteiger charge is 2.31. The summed E-state index contributed by atoms with van der Waals surface area (Å²) in [7, 11) is 0. The van der Waals surface area contributed by atoms with E-state index >= 15 is 0 Å². The van der Waals surface area contributed by atoms with Gasteiger partial charge in [-0.15, -0.1) is 0 Å². The van der Waals surface area contributed by atoms with E-state index in [4.69, 9.17) is 9.47 Å². The van der Waals surface area contributed by atoms with Crippen LogP contribution in [0.15, 0.2) is 42.5 Å². The molecule has 0 aliphatic carbocycles. The standard InChI is InChI=1S/C30H33N7O8/c1-6-35(7-2)27(38)20-11-10-12-21(16-20)44-26-24(37(42)43)25(32-18(5)29(40)41)33-30(34-26)45-23-15-19(17-31)13-14-22(23)28(39)36(8-3)9-4/h10-16,18H,6-9H2,1-5H3,(H,40,41)(H,32,33,34). The molecule has 0 radical (unpaired) electrons. The molecule has 236 valence electrons. The number of nitrogens with zero attached hydrogens (tertiary/aromatic N) is 6. The van der Waals surface area contributed by atoms with E-state index in [9.17, 15) is 34.9 Å². The van der Waals surface area contributed by atoms with Gasteiger partial charge in [0.25, 0.3) is 11.8 Å². The van der Waals surface area contributed by atoms with Crippen molar-refractivity contribution < 1.29 is 33.9 Å². The smallest absolute Gasteiger partial charge is 0.373 e. The van der Waals surface area contributed by atoms with Crippen LogP contribution in [0.5, 0.6) is 23.4 Å². The lowest BCUT2D eigenvalue weighted by Crippen LogP contribution is -2.30. The fourth-order valence-electron chi connectivity index (χ4n) is 4.19. The minimum atomic E-state index is -1.34. The second-order valence-electron chi connectivity index (χ2n) is 9.48. The summed E-state index contributed by atoms with van der Waals surface area (Å²) in [5, 5.41) is 33.6. The number of ether oxygens (including phenoxy) is 2. The van der Waals surface area contributed by atoms with Crippen molar-refractivity contribution in [3.05, 3.63) is 69.3 Å². The average molecular weight is 620 g/mol. The molecule has 15 nitrogen and oxygen atoms in total. The van der Waals surface area contributed by atoms with E-state index in [1.807, 2.05) is 19.9 Å². The molecule has 1 heterocycles. The van der Waals surface area contributed by atoms with Gasteiger partial charge in [-0.2, -0.15) is 15.2 Å². The Morgan fingerprint density at radius 1 is 1.00 bits per heavy atom. The fourth-order valence-corrected chi connectivity index (χ4v) is 4.19. The van der Waals surface area contributed by atoms with Gasteiger partial charge in [0.05, 0.1) is 22.1 Å². The normalized spacial score (nSPS) is 11.1. The lowest BCUT2D eigenvalue weighted by Gasteiger charge is -2.20. The van der Waals surface area contributed by atoms with Gasteiger partial charge in [0.2, 0.25) is 5.82 Å². The van der Waals surface area contributed by atoms with Crippen LogP contribution in [0.25, 0.3) is 0 Å². The summed E-state index contributed by atoms with van der Waals surface area (Å²) in [5.41, 5.74) is -0.332. The Bertz CT molecular complexity index is 1630. The molecule has 0 spiro atoms. The Labute approximate surface area is 259 Å². The zero-order valence-electron chi connectivity index (χ0n) is 25.4. The van der Waals surface area contributed by atoms with E-state index in [1.54, 1.807) is 24.8 Å². The zero-order valence-corrected chi connectivity index (χ0v) is 25.4. The lowest BCUT2D eigenvalue weighted by molar-refractivity contribution is -0.385. The first-order valence-electron chi connectivity index (χ1n) is 14.1. The van der Waals surface area contributed by atoms with Gasteiger partial charge in [-0.3, -0.25) is 24.5 Å². The predicted molar refractivity (Wildman–Crippen MR) is 162 cm³/mol. The number of benzene rings is 2. The van der Waals surface area contributed by atoms with Crippen molar-refractivity contribution in [3.8, 4) is 29.5 Å². The van der Waals surface area contributed by atoms with Crippen molar-refractivity contribution >= 4 is 29.3 Å². The number of carbonyl (C=O) groups is 3. The van der Waals surface area contributed by atoms with E-state index in [0.717, 1.165) is 0 Å². The van der Waals surface area contributed by atoms with Crippen molar-refractivity contribution in [2.24, 2.45) is 0 Å². The Morgan fingerprint density at radius 3 is 2.22 bits per heavy atom. The molecule has 0 fully saturated rings. The molecular weight excluding hydrogens is 586 g/mol. The van der Waals surface area contributed by atoms with E-state index < -0.39 is 46.2 Å². The third kappa shape index (κ3) is 7.99. The number of carbonyl (C=O) groups excluding carboxylic acids is 2. The van der Waals surface area contributed by atoms with Gasteiger partial charge in [0, 0.05) is 31.7 Å². The third-order valence-corrected chi connectivity index (χ3v) is 6.68. The molecular formula is C30H33N7O8. The molecule has 3 aromatic rings. The number of hydrogen-bond acceptors (Lipinski definition) is 11. The highest BCUT2D eigenvalue weighted by atomic mass is 16.6. The minimum Gasteiger partial charge on any atom is -0.480 e. The number of hydrogen-bond donors (Lipinski definition) is 2. The molecule has 0 saturated heterocycles. The maximum Gasteiger partial charge on any atom is 0.373 e. The van der Waals surface area contributed by atoms with Gasteiger partial charge < -0.3 is 29.7 Å². The first-order valence-corrected chi connectivity index (χ1v) is 14.1. The van der Waals surface area contributed by atoms with Gasteiger partial charge in [0.1, 0.15) is 17.5 Å². The number of aromatic nitrogens is 2. The maximum atomic E-state index is 13.2. The van der Waals surface area contributed by atoms with E-state index in [-0.39, 0.29) is 34.1 Å². The molecule has 0 aliphatic rings. The molecule has 2 N–H and O–H groups in total. The second kappa shape index (κ2) is 15.1. The fraction of sp³-hybridized carbons (Fsp3) is 0.333. The third-order valence-electron chi connectivity index (χ3n) is 6.68. The number of carboxylic acid groups (broad SMARTS) is 1. The number of nitrogens with one attached hydrogen (secondary N) is 1. The molecule has 15 heteroatoms. The molecule has 1 unspecified atom stereocenters. The summed E-state index contributed by atoms with van der Waals surface area (Å²) in [6, 6.07) is 10.1. The highest BCUT2D eigenvalue weighted by Crippen LogP contribution is 2.38. The quantitative estimate of drug-likeness (QED) is 0.186. The van der Waals surface area contributed by atoms with Crippen LogP contribution in [0.4, 0.5) is 11.5 Å². The highest BCUT2D eigenvalue weighted by molar-refractivity contribution is 5.97. The van der Waals surface area contributed by atoms with Crippen LogP contribution in [0.1, 0.15) is 60.9 Å². The Kier molecular flexibility index (Phi) is 11.3. The van der Waals surface area contributed by atoms with E-state index in [2.05, 4.69) is 15.3 Å². The first kappa shape index (κ1) is 33.7. The molecule has 1 aromatic heterocycles. The van der Waals surface area contributed by atoms with E-state index in [0.29, 0.717) is 26.2 Å². The predicted octanol–water partition coefficient (Wildman–Crippen LogP) is 4.69.